The van der Waals surface area contributed by atoms with Gasteiger partial charge in [-0.25, -0.2) is 4.79 Å². The van der Waals surface area contributed by atoms with Crippen molar-refractivity contribution in [3.63, 3.8) is 0 Å². The predicted octanol–water partition coefficient (Wildman–Crippen LogP) is 5.92. The lowest BCUT2D eigenvalue weighted by Gasteiger charge is -2.35. The molecule has 0 spiro atoms. The van der Waals surface area contributed by atoms with E-state index in [-0.39, 0.29) is 11.8 Å². The number of rotatable bonds is 10. The third-order valence-corrected chi connectivity index (χ3v) is 8.46. The molecule has 4 amide bonds. The molecule has 0 aliphatic carbocycles. The average Bonchev–Trinajstić information content (AvgIpc) is 3.67. The average molecular weight is 645 g/mol. The van der Waals surface area contributed by atoms with Gasteiger partial charge < -0.3 is 24.7 Å². The van der Waals surface area contributed by atoms with Gasteiger partial charge in [0.05, 0.1) is 12.1 Å². The maximum absolute atomic E-state index is 14.6. The molecule has 3 aromatic rings. The first kappa shape index (κ1) is 35.3. The number of benzene rings is 2. The smallest absolute Gasteiger partial charge is 0.410 e. The number of nitrogens with one attached hydrogen (secondary N) is 2. The van der Waals surface area contributed by atoms with E-state index in [1.54, 1.807) is 32.6 Å². The zero-order chi connectivity index (χ0) is 34.5. The standard InChI is InChI=1S/C37H48N4O6/c1-23(2)31(38-33(42)25(4)40(8)36(45)47-37(5,6)7)35(44)41-28(30-22-19-24(3)46-30)20-21-29(41)34(43)39-32(26-15-11-9-12-16-26)27-17-13-10-14-18-27/h9-19,22-23,25,28-29,31-32H,20-21H2,1-8H3,(H,38,42)(H,39,43)/t25-,28+,29-,31-/m0/s1. The summed E-state index contributed by atoms with van der Waals surface area (Å²) < 4.78 is 11.4. The summed E-state index contributed by atoms with van der Waals surface area (Å²) in [5.74, 6) is -0.247. The Kier molecular flexibility index (Phi) is 11.2. The molecule has 252 valence electrons. The van der Waals surface area contributed by atoms with Crippen LogP contribution in [0.3, 0.4) is 0 Å². The second kappa shape index (κ2) is 14.9. The zero-order valence-electron chi connectivity index (χ0n) is 28.7. The number of likely N-dealkylation sites (N-methyl/N-ethyl adjacent to an activating group) is 1. The first-order valence-electron chi connectivity index (χ1n) is 16.2. The van der Waals surface area contributed by atoms with E-state index >= 15 is 0 Å². The molecule has 0 radical (unpaired) electrons. The Hall–Kier alpha value is -4.60. The van der Waals surface area contributed by atoms with Crippen molar-refractivity contribution in [1.29, 1.82) is 0 Å². The van der Waals surface area contributed by atoms with E-state index in [0.717, 1.165) is 11.1 Å². The SMILES string of the molecule is Cc1ccc([C@H]2CC[C@@H](C(=O)NC(c3ccccc3)c3ccccc3)N2C(=O)[C@@H](NC(=O)[C@H](C)N(C)C(=O)OC(C)(C)C)C(C)C)o1. The normalized spacial score (nSPS) is 17.7. The van der Waals surface area contributed by atoms with Crippen LogP contribution in [0, 0.1) is 12.8 Å². The molecule has 2 N–H and O–H groups in total. The van der Waals surface area contributed by atoms with E-state index in [1.165, 1.54) is 11.9 Å². The fraction of sp³-hybridized carbons (Fsp3) is 0.459. The number of furan rings is 1. The summed E-state index contributed by atoms with van der Waals surface area (Å²) in [4.78, 5) is 57.7. The van der Waals surface area contributed by atoms with E-state index in [0.29, 0.717) is 24.4 Å². The molecule has 0 unspecified atom stereocenters. The molecule has 4 atom stereocenters. The minimum Gasteiger partial charge on any atom is -0.464 e. The second-order valence-corrected chi connectivity index (χ2v) is 13.6. The van der Waals surface area contributed by atoms with E-state index in [1.807, 2.05) is 93.6 Å². The lowest BCUT2D eigenvalue weighted by atomic mass is 9.98. The van der Waals surface area contributed by atoms with Crippen LogP contribution in [0.25, 0.3) is 0 Å². The molecule has 1 aliphatic rings. The molecule has 1 aromatic heterocycles. The van der Waals surface area contributed by atoms with Crippen molar-refractivity contribution >= 4 is 23.8 Å². The monoisotopic (exact) mass is 644 g/mol. The highest BCUT2D eigenvalue weighted by molar-refractivity contribution is 5.94. The Balaban J connectivity index is 1.62. The Morgan fingerprint density at radius 2 is 1.45 bits per heavy atom. The minimum atomic E-state index is -0.969. The van der Waals surface area contributed by atoms with Crippen molar-refractivity contribution in [1.82, 2.24) is 20.4 Å². The fourth-order valence-electron chi connectivity index (χ4n) is 5.79. The summed E-state index contributed by atoms with van der Waals surface area (Å²) in [7, 11) is 1.48. The van der Waals surface area contributed by atoms with Crippen LogP contribution in [-0.2, 0) is 19.1 Å². The van der Waals surface area contributed by atoms with Gasteiger partial charge in [0.2, 0.25) is 17.7 Å². The van der Waals surface area contributed by atoms with Gasteiger partial charge in [0.15, 0.2) is 0 Å². The van der Waals surface area contributed by atoms with E-state index in [4.69, 9.17) is 9.15 Å². The van der Waals surface area contributed by atoms with Crippen molar-refractivity contribution < 1.29 is 28.3 Å². The van der Waals surface area contributed by atoms with Gasteiger partial charge in [-0.3, -0.25) is 19.3 Å². The van der Waals surface area contributed by atoms with Crippen molar-refractivity contribution in [3.8, 4) is 0 Å². The number of ether oxygens (including phenoxy) is 1. The predicted molar refractivity (Wildman–Crippen MR) is 179 cm³/mol. The Labute approximate surface area is 277 Å². The third kappa shape index (κ3) is 8.61. The molecule has 4 rings (SSSR count). The summed E-state index contributed by atoms with van der Waals surface area (Å²) in [6.07, 6.45) is 0.271. The summed E-state index contributed by atoms with van der Waals surface area (Å²) in [5, 5.41) is 6.10. The maximum Gasteiger partial charge on any atom is 0.410 e. The molecule has 1 saturated heterocycles. The van der Waals surface area contributed by atoms with Crippen LogP contribution in [-0.4, -0.2) is 64.4 Å². The summed E-state index contributed by atoms with van der Waals surface area (Å²) in [6.45, 7) is 12.3. The molecular formula is C37H48N4O6. The molecular weight excluding hydrogens is 596 g/mol. The van der Waals surface area contributed by atoms with E-state index < -0.39 is 53.7 Å². The van der Waals surface area contributed by atoms with Crippen LogP contribution in [0.15, 0.2) is 77.2 Å². The molecule has 10 nitrogen and oxygen atoms in total. The van der Waals surface area contributed by atoms with Crippen LogP contribution in [0.5, 0.6) is 0 Å². The summed E-state index contributed by atoms with van der Waals surface area (Å²) in [6, 6.07) is 19.4. The van der Waals surface area contributed by atoms with E-state index in [9.17, 15) is 19.2 Å². The van der Waals surface area contributed by atoms with Gasteiger partial charge >= 0.3 is 6.09 Å². The van der Waals surface area contributed by atoms with Crippen molar-refractivity contribution in [2.75, 3.05) is 7.05 Å². The fourth-order valence-corrected chi connectivity index (χ4v) is 5.79. The minimum absolute atomic E-state index is 0.298. The van der Waals surface area contributed by atoms with Crippen LogP contribution in [0.1, 0.15) is 89.1 Å². The van der Waals surface area contributed by atoms with Gasteiger partial charge in [0.1, 0.15) is 35.2 Å². The maximum atomic E-state index is 14.6. The lowest BCUT2D eigenvalue weighted by molar-refractivity contribution is -0.145. The Morgan fingerprint density at radius 1 is 0.872 bits per heavy atom. The first-order valence-corrected chi connectivity index (χ1v) is 16.2. The molecule has 1 fully saturated rings. The lowest BCUT2D eigenvalue weighted by Crippen LogP contribution is -2.58. The van der Waals surface area contributed by atoms with Gasteiger partial charge in [-0.2, -0.15) is 0 Å². The largest absolute Gasteiger partial charge is 0.464 e. The number of amides is 4. The van der Waals surface area contributed by atoms with Gasteiger partial charge in [-0.1, -0.05) is 74.5 Å². The molecule has 10 heteroatoms. The highest BCUT2D eigenvalue weighted by Gasteiger charge is 2.46. The number of hydrogen-bond donors (Lipinski definition) is 2. The van der Waals surface area contributed by atoms with Crippen LogP contribution in [0.4, 0.5) is 4.79 Å². The molecule has 47 heavy (non-hydrogen) atoms. The Bertz CT molecular complexity index is 1490. The second-order valence-electron chi connectivity index (χ2n) is 13.6. The zero-order valence-corrected chi connectivity index (χ0v) is 28.7. The molecule has 1 aliphatic heterocycles. The van der Waals surface area contributed by atoms with Gasteiger partial charge in [-0.05, 0) is 76.6 Å². The number of carbonyl (C=O) groups is 4. The summed E-state index contributed by atoms with van der Waals surface area (Å²) >= 11 is 0. The number of aryl methyl sites for hydroxylation is 1. The van der Waals surface area contributed by atoms with Crippen LogP contribution < -0.4 is 10.6 Å². The molecule has 2 aromatic carbocycles. The quantitative estimate of drug-likeness (QED) is 0.283. The van der Waals surface area contributed by atoms with Gasteiger partial charge in [0, 0.05) is 7.05 Å². The molecule has 0 saturated carbocycles. The highest BCUT2D eigenvalue weighted by Crippen LogP contribution is 2.38. The van der Waals surface area contributed by atoms with Gasteiger partial charge in [0.25, 0.3) is 0 Å². The highest BCUT2D eigenvalue weighted by atomic mass is 16.6. The number of likely N-dealkylation sites (tertiary alicyclic amines) is 1. The first-order chi connectivity index (χ1) is 22.2. The van der Waals surface area contributed by atoms with Crippen molar-refractivity contribution in [2.45, 2.75) is 97.1 Å². The van der Waals surface area contributed by atoms with E-state index in [2.05, 4.69) is 10.6 Å². The molecule has 0 bridgehead atoms. The van der Waals surface area contributed by atoms with Crippen LogP contribution >= 0.6 is 0 Å². The van der Waals surface area contributed by atoms with Crippen LogP contribution in [0.2, 0.25) is 0 Å². The topological polar surface area (TPSA) is 121 Å². The number of hydrogen-bond acceptors (Lipinski definition) is 6. The number of carbonyl (C=O) groups excluding carboxylic acids is 4. The Morgan fingerprint density at radius 3 is 1.94 bits per heavy atom. The number of nitrogens with zero attached hydrogens (tertiary/aromatic N) is 2. The molecule has 2 heterocycles. The van der Waals surface area contributed by atoms with Crippen molar-refractivity contribution in [3.05, 3.63) is 95.4 Å². The van der Waals surface area contributed by atoms with Crippen molar-refractivity contribution in [2.24, 2.45) is 5.92 Å². The van der Waals surface area contributed by atoms with Gasteiger partial charge in [-0.15, -0.1) is 0 Å². The summed E-state index contributed by atoms with van der Waals surface area (Å²) in [5.41, 5.74) is 1.09. The third-order valence-electron chi connectivity index (χ3n) is 8.46.